The first kappa shape index (κ1) is 15.1. The zero-order valence-electron chi connectivity index (χ0n) is 10.2. The van der Waals surface area contributed by atoms with Crippen LogP contribution in [0.3, 0.4) is 0 Å². The fourth-order valence-corrected chi connectivity index (χ4v) is 1.93. The number of rotatable bonds is 3. The van der Waals surface area contributed by atoms with Gasteiger partial charge in [0.1, 0.15) is 10.8 Å². The highest BCUT2D eigenvalue weighted by atomic mass is 35.5. The first-order valence-corrected chi connectivity index (χ1v) is 5.95. The van der Waals surface area contributed by atoms with Crippen LogP contribution in [0.15, 0.2) is 42.5 Å². The molecule has 4 nitrogen and oxygen atoms in total. The van der Waals surface area contributed by atoms with Crippen molar-refractivity contribution >= 4 is 17.3 Å². The monoisotopic (exact) mass is 317 g/mol. The number of hydrogen-bond acceptors (Lipinski definition) is 3. The molecule has 0 saturated carbocycles. The third-order valence-corrected chi connectivity index (χ3v) is 2.89. The van der Waals surface area contributed by atoms with Crippen LogP contribution in [0.1, 0.15) is 0 Å². The molecule has 0 N–H and O–H groups in total. The average molecular weight is 318 g/mol. The number of ether oxygens (including phenoxy) is 1. The van der Waals surface area contributed by atoms with Crippen LogP contribution in [0.25, 0.3) is 11.1 Å². The Kier molecular flexibility index (Phi) is 4.04. The smallest absolute Gasteiger partial charge is 0.405 e. The number of nitrogens with zero attached hydrogens (tertiary/aromatic N) is 1. The van der Waals surface area contributed by atoms with E-state index in [2.05, 4.69) is 4.74 Å². The topological polar surface area (TPSA) is 52.4 Å². The molecule has 0 radical (unpaired) electrons. The van der Waals surface area contributed by atoms with Crippen molar-refractivity contribution in [3.63, 3.8) is 0 Å². The molecule has 0 fully saturated rings. The van der Waals surface area contributed by atoms with Crippen LogP contribution in [-0.2, 0) is 0 Å². The molecule has 0 heterocycles. The minimum atomic E-state index is -4.85. The molecule has 2 aromatic carbocycles. The Balaban J connectivity index is 2.52. The van der Waals surface area contributed by atoms with Gasteiger partial charge in [0.25, 0.3) is 5.69 Å². The summed E-state index contributed by atoms with van der Waals surface area (Å²) in [5, 5.41) is 10.7. The fraction of sp³-hybridized carbons (Fsp3) is 0.0769. The van der Waals surface area contributed by atoms with Gasteiger partial charge in [-0.25, -0.2) is 0 Å². The molecule has 0 atom stereocenters. The predicted molar refractivity (Wildman–Crippen MR) is 70.2 cm³/mol. The lowest BCUT2D eigenvalue weighted by Gasteiger charge is -2.13. The number of halogens is 4. The van der Waals surface area contributed by atoms with Crippen LogP contribution in [0.4, 0.5) is 18.9 Å². The third-order valence-electron chi connectivity index (χ3n) is 2.57. The van der Waals surface area contributed by atoms with E-state index in [9.17, 15) is 23.3 Å². The summed E-state index contributed by atoms with van der Waals surface area (Å²) in [6.45, 7) is 0. The van der Waals surface area contributed by atoms with Crippen LogP contribution in [0.5, 0.6) is 5.75 Å². The molecule has 0 bridgehead atoms. The van der Waals surface area contributed by atoms with Crippen molar-refractivity contribution in [2.75, 3.05) is 0 Å². The van der Waals surface area contributed by atoms with Crippen LogP contribution in [0.2, 0.25) is 5.02 Å². The normalized spacial score (nSPS) is 11.2. The molecule has 2 aromatic rings. The first-order chi connectivity index (χ1) is 9.78. The van der Waals surface area contributed by atoms with E-state index in [0.717, 1.165) is 12.1 Å². The summed E-state index contributed by atoms with van der Waals surface area (Å²) in [5.74, 6) is -0.443. The molecule has 0 spiro atoms. The molecule has 0 aromatic heterocycles. The van der Waals surface area contributed by atoms with Crippen molar-refractivity contribution in [2.24, 2.45) is 0 Å². The van der Waals surface area contributed by atoms with Crippen molar-refractivity contribution in [1.29, 1.82) is 0 Å². The van der Waals surface area contributed by atoms with Gasteiger partial charge in [0.05, 0.1) is 4.92 Å². The Morgan fingerprint density at radius 3 is 2.43 bits per heavy atom. The maximum absolute atomic E-state index is 12.4. The van der Waals surface area contributed by atoms with Crippen LogP contribution in [0, 0.1) is 10.1 Å². The highest BCUT2D eigenvalue weighted by Crippen LogP contribution is 2.36. The van der Waals surface area contributed by atoms with E-state index >= 15 is 0 Å². The van der Waals surface area contributed by atoms with E-state index in [1.165, 1.54) is 30.3 Å². The fourth-order valence-electron chi connectivity index (χ4n) is 1.74. The van der Waals surface area contributed by atoms with Gasteiger partial charge in [-0.15, -0.1) is 13.2 Å². The van der Waals surface area contributed by atoms with Gasteiger partial charge in [-0.1, -0.05) is 35.9 Å². The highest BCUT2D eigenvalue weighted by molar-refractivity contribution is 6.32. The lowest BCUT2D eigenvalue weighted by molar-refractivity contribution is -0.384. The van der Waals surface area contributed by atoms with Crippen LogP contribution < -0.4 is 4.74 Å². The van der Waals surface area contributed by atoms with Crippen molar-refractivity contribution in [1.82, 2.24) is 0 Å². The van der Waals surface area contributed by atoms with Crippen LogP contribution in [-0.4, -0.2) is 11.3 Å². The van der Waals surface area contributed by atoms with Gasteiger partial charge < -0.3 is 4.74 Å². The Labute approximate surface area is 121 Å². The summed E-state index contributed by atoms with van der Waals surface area (Å²) in [6, 6.07) is 9.10. The quantitative estimate of drug-likeness (QED) is 0.602. The van der Waals surface area contributed by atoms with Gasteiger partial charge in [0.15, 0.2) is 0 Å². The molecular formula is C13H7ClF3NO3. The summed E-state index contributed by atoms with van der Waals surface area (Å²) >= 11 is 5.67. The van der Waals surface area contributed by atoms with Gasteiger partial charge in [-0.3, -0.25) is 10.1 Å². The van der Waals surface area contributed by atoms with E-state index in [-0.39, 0.29) is 16.1 Å². The second kappa shape index (κ2) is 5.61. The van der Waals surface area contributed by atoms with E-state index in [1.54, 1.807) is 0 Å². The zero-order chi connectivity index (χ0) is 15.6. The molecular weight excluding hydrogens is 311 g/mol. The first-order valence-electron chi connectivity index (χ1n) is 5.57. The van der Waals surface area contributed by atoms with Gasteiger partial charge in [-0.05, 0) is 17.7 Å². The summed E-state index contributed by atoms with van der Waals surface area (Å²) in [4.78, 5) is 10.1. The van der Waals surface area contributed by atoms with Gasteiger partial charge in [0, 0.05) is 11.6 Å². The number of alkyl halides is 3. The molecule has 110 valence electrons. The summed E-state index contributed by atoms with van der Waals surface area (Å²) in [6.07, 6.45) is -4.85. The molecule has 0 aliphatic carbocycles. The molecule has 2 rings (SSSR count). The van der Waals surface area contributed by atoms with Gasteiger partial charge in [0.2, 0.25) is 0 Å². The molecule has 0 unspecified atom stereocenters. The van der Waals surface area contributed by atoms with E-state index in [0.29, 0.717) is 0 Å². The molecule has 0 aliphatic heterocycles. The number of benzene rings is 2. The van der Waals surface area contributed by atoms with E-state index in [4.69, 9.17) is 11.6 Å². The largest absolute Gasteiger partial charge is 0.573 e. The minimum absolute atomic E-state index is 0.0783. The summed E-state index contributed by atoms with van der Waals surface area (Å²) < 4.78 is 41.0. The molecule has 0 amide bonds. The number of hydrogen-bond donors (Lipinski definition) is 0. The Hall–Kier alpha value is -2.28. The van der Waals surface area contributed by atoms with Gasteiger partial charge >= 0.3 is 6.36 Å². The van der Waals surface area contributed by atoms with Crippen molar-refractivity contribution < 1.29 is 22.8 Å². The van der Waals surface area contributed by atoms with E-state index < -0.39 is 22.7 Å². The minimum Gasteiger partial charge on any atom is -0.405 e. The Morgan fingerprint density at radius 1 is 1.14 bits per heavy atom. The third kappa shape index (κ3) is 3.63. The maximum atomic E-state index is 12.4. The summed E-state index contributed by atoms with van der Waals surface area (Å²) in [5.41, 5.74) is -0.114. The molecule has 0 saturated heterocycles. The van der Waals surface area contributed by atoms with E-state index in [1.807, 2.05) is 0 Å². The molecule has 0 aliphatic rings. The Bertz CT molecular complexity index is 689. The lowest BCUT2D eigenvalue weighted by Crippen LogP contribution is -2.17. The average Bonchev–Trinajstić information content (AvgIpc) is 2.38. The predicted octanol–water partition coefficient (Wildman–Crippen LogP) is 4.81. The number of para-hydroxylation sites is 1. The number of nitro groups is 1. The molecule has 21 heavy (non-hydrogen) atoms. The molecule has 8 heteroatoms. The second-order valence-electron chi connectivity index (χ2n) is 3.97. The van der Waals surface area contributed by atoms with Crippen LogP contribution >= 0.6 is 11.6 Å². The maximum Gasteiger partial charge on any atom is 0.573 e. The zero-order valence-corrected chi connectivity index (χ0v) is 11.0. The van der Waals surface area contributed by atoms with Crippen molar-refractivity contribution in [3.8, 4) is 16.9 Å². The highest BCUT2D eigenvalue weighted by Gasteiger charge is 2.32. The standard InChI is InChI=1S/C13H7ClF3NO3/c14-10-6-5-8(7-11(10)18(19)20)9-3-1-2-4-12(9)21-13(15,16)17/h1-7H. The second-order valence-corrected chi connectivity index (χ2v) is 4.37. The van der Waals surface area contributed by atoms with Crippen molar-refractivity contribution in [3.05, 3.63) is 57.6 Å². The SMILES string of the molecule is O=[N+]([O-])c1cc(-c2ccccc2OC(F)(F)F)ccc1Cl. The Morgan fingerprint density at radius 2 is 1.81 bits per heavy atom. The summed E-state index contributed by atoms with van der Waals surface area (Å²) in [7, 11) is 0. The van der Waals surface area contributed by atoms with Gasteiger partial charge in [-0.2, -0.15) is 0 Å². The van der Waals surface area contributed by atoms with Crippen molar-refractivity contribution in [2.45, 2.75) is 6.36 Å². The lowest BCUT2D eigenvalue weighted by atomic mass is 10.0. The number of nitro benzene ring substituents is 1.